The first kappa shape index (κ1) is 31.2. The topological polar surface area (TPSA) is 114 Å². The van der Waals surface area contributed by atoms with E-state index in [0.717, 1.165) is 65.9 Å². The zero-order chi connectivity index (χ0) is 31.4. The van der Waals surface area contributed by atoms with Crippen molar-refractivity contribution >= 4 is 5.91 Å². The van der Waals surface area contributed by atoms with Crippen LogP contribution in [0.4, 0.5) is 0 Å². The number of unbranched alkanes of at least 4 members (excludes halogenated alkanes) is 1. The van der Waals surface area contributed by atoms with Crippen molar-refractivity contribution in [3.05, 3.63) is 92.1 Å². The molecule has 0 spiro atoms. The number of rotatable bonds is 10. The molecule has 1 N–H and O–H groups in total. The van der Waals surface area contributed by atoms with Crippen LogP contribution in [-0.4, -0.2) is 42.6 Å². The quantitative estimate of drug-likeness (QED) is 0.236. The van der Waals surface area contributed by atoms with E-state index in [1.165, 1.54) is 0 Å². The van der Waals surface area contributed by atoms with E-state index in [2.05, 4.69) is 30.9 Å². The van der Waals surface area contributed by atoms with Gasteiger partial charge in [-0.2, -0.15) is 0 Å². The number of carbonyl (C=O) groups is 1. The van der Waals surface area contributed by atoms with E-state index in [-0.39, 0.29) is 35.9 Å². The number of hydrogen-bond donors (Lipinski definition) is 1. The van der Waals surface area contributed by atoms with E-state index in [9.17, 15) is 14.4 Å². The molecule has 2 aromatic heterocycles. The van der Waals surface area contributed by atoms with E-state index in [1.54, 1.807) is 4.57 Å². The third kappa shape index (κ3) is 6.61. The SMILES string of the molecule is CCCCc1nc(C(C)C)c(CC(=O)N2[C@H](C)CCC[C@@H]2C)c(=O)n1Cc1ccc(-c2ccccc2-c2noc(=O)[nH]2)cc1. The van der Waals surface area contributed by atoms with Crippen molar-refractivity contribution in [1.82, 2.24) is 24.6 Å². The summed E-state index contributed by atoms with van der Waals surface area (Å²) in [5.74, 6) is 0.563. The van der Waals surface area contributed by atoms with Crippen LogP contribution in [0.1, 0.15) is 95.3 Å². The van der Waals surface area contributed by atoms with Crippen LogP contribution in [0.5, 0.6) is 0 Å². The van der Waals surface area contributed by atoms with Gasteiger partial charge in [-0.25, -0.2) is 9.78 Å². The number of nitrogens with zero attached hydrogens (tertiary/aromatic N) is 4. The van der Waals surface area contributed by atoms with Gasteiger partial charge in [0.25, 0.3) is 5.56 Å². The molecule has 0 aliphatic carbocycles. The maximum Gasteiger partial charge on any atom is 0.439 e. The van der Waals surface area contributed by atoms with Gasteiger partial charge in [-0.05, 0) is 62.1 Å². The zero-order valence-electron chi connectivity index (χ0n) is 26.4. The summed E-state index contributed by atoms with van der Waals surface area (Å²) in [7, 11) is 0. The van der Waals surface area contributed by atoms with Gasteiger partial charge >= 0.3 is 5.76 Å². The molecule has 1 fully saturated rings. The zero-order valence-corrected chi connectivity index (χ0v) is 26.4. The Morgan fingerprint density at radius 2 is 1.70 bits per heavy atom. The molecule has 0 bridgehead atoms. The van der Waals surface area contributed by atoms with Gasteiger partial charge in [0.15, 0.2) is 5.82 Å². The van der Waals surface area contributed by atoms with Crippen molar-refractivity contribution in [2.75, 3.05) is 0 Å². The molecular weight excluding hydrogens is 554 g/mol. The number of aromatic amines is 1. The maximum absolute atomic E-state index is 14.3. The summed E-state index contributed by atoms with van der Waals surface area (Å²) >= 11 is 0. The molecule has 0 saturated carbocycles. The predicted molar refractivity (Wildman–Crippen MR) is 172 cm³/mol. The van der Waals surface area contributed by atoms with Gasteiger partial charge in [-0.15, -0.1) is 0 Å². The average Bonchev–Trinajstić information content (AvgIpc) is 3.44. The fourth-order valence-corrected chi connectivity index (χ4v) is 6.40. The lowest BCUT2D eigenvalue weighted by molar-refractivity contribution is -0.136. The molecule has 1 saturated heterocycles. The van der Waals surface area contributed by atoms with Crippen molar-refractivity contribution in [3.63, 3.8) is 0 Å². The van der Waals surface area contributed by atoms with Gasteiger partial charge in [0, 0.05) is 29.6 Å². The number of H-pyrrole nitrogens is 1. The van der Waals surface area contributed by atoms with Crippen molar-refractivity contribution < 1.29 is 9.32 Å². The van der Waals surface area contributed by atoms with Crippen LogP contribution in [0.25, 0.3) is 22.5 Å². The lowest BCUT2D eigenvalue weighted by Gasteiger charge is -2.39. The Labute approximate surface area is 258 Å². The second kappa shape index (κ2) is 13.6. The number of piperidine rings is 1. The summed E-state index contributed by atoms with van der Waals surface area (Å²) < 4.78 is 6.50. The highest BCUT2D eigenvalue weighted by atomic mass is 16.5. The summed E-state index contributed by atoms with van der Waals surface area (Å²) in [5.41, 5.74) is 4.68. The molecule has 1 aliphatic rings. The number of benzene rings is 2. The smallest absolute Gasteiger partial charge is 0.337 e. The first-order valence-corrected chi connectivity index (χ1v) is 15.9. The molecule has 0 radical (unpaired) electrons. The maximum atomic E-state index is 14.3. The summed E-state index contributed by atoms with van der Waals surface area (Å²) in [5, 5.41) is 3.86. The number of likely N-dealkylation sites (tertiary alicyclic amines) is 1. The van der Waals surface area contributed by atoms with E-state index in [1.807, 2.05) is 67.3 Å². The van der Waals surface area contributed by atoms with Gasteiger partial charge in [-0.3, -0.25) is 23.7 Å². The van der Waals surface area contributed by atoms with E-state index in [0.29, 0.717) is 24.4 Å². The molecule has 1 aliphatic heterocycles. The molecule has 2 atom stereocenters. The molecule has 0 unspecified atom stereocenters. The summed E-state index contributed by atoms with van der Waals surface area (Å²) in [6.45, 7) is 10.8. The van der Waals surface area contributed by atoms with E-state index in [4.69, 9.17) is 9.51 Å². The monoisotopic (exact) mass is 597 g/mol. The molecule has 1 amide bonds. The fraction of sp³-hybridized carbons (Fsp3) is 0.457. The van der Waals surface area contributed by atoms with Crippen molar-refractivity contribution in [3.8, 4) is 22.5 Å². The highest BCUT2D eigenvalue weighted by Gasteiger charge is 2.31. The summed E-state index contributed by atoms with van der Waals surface area (Å²) in [4.78, 5) is 49.2. The van der Waals surface area contributed by atoms with Crippen LogP contribution in [-0.2, 0) is 24.2 Å². The van der Waals surface area contributed by atoms with Gasteiger partial charge in [0.05, 0.1) is 18.7 Å². The van der Waals surface area contributed by atoms with Crippen LogP contribution in [0.15, 0.2) is 62.6 Å². The molecule has 9 nitrogen and oxygen atoms in total. The fourth-order valence-electron chi connectivity index (χ4n) is 6.40. The number of nitrogens with one attached hydrogen (secondary N) is 1. The van der Waals surface area contributed by atoms with Crippen LogP contribution >= 0.6 is 0 Å². The minimum absolute atomic E-state index is 0.00911. The van der Waals surface area contributed by atoms with Crippen molar-refractivity contribution in [2.24, 2.45) is 0 Å². The third-order valence-corrected chi connectivity index (χ3v) is 8.71. The number of hydrogen-bond acceptors (Lipinski definition) is 6. The van der Waals surface area contributed by atoms with Crippen LogP contribution in [0, 0.1) is 0 Å². The highest BCUT2D eigenvalue weighted by molar-refractivity contribution is 5.81. The molecule has 2 aromatic carbocycles. The standard InChI is InChI=1S/C35H43N5O4/c1-6-7-15-30-36-32(22(2)3)29(20-31(41)40-23(4)11-10-12-24(40)5)34(42)39(30)21-25-16-18-26(19-17-25)27-13-8-9-14-28(27)33-37-35(43)44-38-33/h8-9,13-14,16-19,22-24H,6-7,10-12,15,20-21H2,1-5H3,(H,37,38,43)/t23-,24+. The second-order valence-electron chi connectivity index (χ2n) is 12.3. The van der Waals surface area contributed by atoms with Crippen molar-refractivity contribution in [1.29, 1.82) is 0 Å². The number of aryl methyl sites for hydroxylation is 1. The van der Waals surface area contributed by atoms with E-state index < -0.39 is 5.76 Å². The molecule has 232 valence electrons. The highest BCUT2D eigenvalue weighted by Crippen LogP contribution is 2.30. The minimum Gasteiger partial charge on any atom is -0.337 e. The molecule has 9 heteroatoms. The van der Waals surface area contributed by atoms with E-state index >= 15 is 0 Å². The molecule has 3 heterocycles. The lowest BCUT2D eigenvalue weighted by Crippen LogP contribution is -2.48. The van der Waals surface area contributed by atoms with Crippen LogP contribution in [0.2, 0.25) is 0 Å². The normalized spacial score (nSPS) is 16.9. The lowest BCUT2D eigenvalue weighted by atomic mass is 9.95. The van der Waals surface area contributed by atoms with Gasteiger partial charge in [0.2, 0.25) is 5.91 Å². The second-order valence-corrected chi connectivity index (χ2v) is 12.3. The number of carbonyl (C=O) groups excluding carboxylic acids is 1. The molecular formula is C35H43N5O4. The molecule has 44 heavy (non-hydrogen) atoms. The Balaban J connectivity index is 1.49. The largest absolute Gasteiger partial charge is 0.439 e. The first-order valence-electron chi connectivity index (χ1n) is 15.9. The average molecular weight is 598 g/mol. The predicted octanol–water partition coefficient (Wildman–Crippen LogP) is 6.10. The number of aromatic nitrogens is 4. The first-order chi connectivity index (χ1) is 21.2. The minimum atomic E-state index is -0.604. The summed E-state index contributed by atoms with van der Waals surface area (Å²) in [6.07, 6.45) is 5.77. The van der Waals surface area contributed by atoms with Gasteiger partial charge < -0.3 is 4.90 Å². The Morgan fingerprint density at radius 1 is 1.02 bits per heavy atom. The van der Waals surface area contributed by atoms with Gasteiger partial charge in [-0.1, -0.05) is 80.9 Å². The third-order valence-electron chi connectivity index (χ3n) is 8.71. The summed E-state index contributed by atoms with van der Waals surface area (Å²) in [6, 6.07) is 16.0. The Kier molecular flexibility index (Phi) is 9.61. The molecule has 5 rings (SSSR count). The Hall–Kier alpha value is -4.27. The molecule has 4 aromatic rings. The number of amides is 1. The van der Waals surface area contributed by atoms with Crippen molar-refractivity contribution in [2.45, 2.75) is 104 Å². The van der Waals surface area contributed by atoms with Gasteiger partial charge in [0.1, 0.15) is 5.82 Å². The van der Waals surface area contributed by atoms with Crippen LogP contribution in [0.3, 0.4) is 0 Å². The van der Waals surface area contributed by atoms with Crippen LogP contribution < -0.4 is 11.3 Å². The Morgan fingerprint density at radius 3 is 2.32 bits per heavy atom. The Bertz CT molecular complexity index is 1710.